The van der Waals surface area contributed by atoms with Gasteiger partial charge < -0.3 is 9.52 Å². The van der Waals surface area contributed by atoms with Gasteiger partial charge in [0.25, 0.3) is 0 Å². The molecule has 2 rings (SSSR count). The monoisotopic (exact) mass is 253 g/mol. The van der Waals surface area contributed by atoms with E-state index in [0.717, 1.165) is 12.1 Å². The van der Waals surface area contributed by atoms with Crippen LogP contribution in [0.5, 0.6) is 0 Å². The molecular weight excluding hydrogens is 244 g/mol. The Morgan fingerprint density at radius 3 is 2.61 bits per heavy atom. The lowest BCUT2D eigenvalue weighted by molar-refractivity contribution is -0.137. The van der Waals surface area contributed by atoms with Gasteiger partial charge >= 0.3 is 5.97 Å². The first-order valence-electron chi connectivity index (χ1n) is 5.19. The van der Waals surface area contributed by atoms with Crippen molar-refractivity contribution < 1.29 is 23.1 Å². The van der Waals surface area contributed by atoms with E-state index in [2.05, 4.69) is 4.98 Å². The number of hydrogen-bond donors (Lipinski definition) is 1. The van der Waals surface area contributed by atoms with E-state index >= 15 is 0 Å². The first kappa shape index (κ1) is 12.2. The number of aromatic nitrogens is 1. The van der Waals surface area contributed by atoms with Crippen LogP contribution in [0.4, 0.5) is 8.78 Å². The standard InChI is InChI=1S/C12H9F2NO3/c13-7-2-1-3-8(14)12(7)9-6-15-10(18-9)4-5-11(16)17/h1-3,6H,4-5H2,(H,16,17). The maximum atomic E-state index is 13.4. The van der Waals surface area contributed by atoms with Crippen molar-refractivity contribution in [1.82, 2.24) is 4.98 Å². The Morgan fingerprint density at radius 2 is 2.00 bits per heavy atom. The van der Waals surface area contributed by atoms with Crippen LogP contribution >= 0.6 is 0 Å². The number of carboxylic acid groups (broad SMARTS) is 1. The van der Waals surface area contributed by atoms with E-state index in [1.807, 2.05) is 0 Å². The van der Waals surface area contributed by atoms with Gasteiger partial charge in [0.2, 0.25) is 0 Å². The lowest BCUT2D eigenvalue weighted by Crippen LogP contribution is -1.97. The van der Waals surface area contributed by atoms with Crippen molar-refractivity contribution in [1.29, 1.82) is 0 Å². The predicted octanol–water partition coefficient (Wildman–Crippen LogP) is 2.64. The van der Waals surface area contributed by atoms with Crippen LogP contribution in [0.1, 0.15) is 12.3 Å². The molecule has 1 heterocycles. The van der Waals surface area contributed by atoms with Crippen LogP contribution in [0.2, 0.25) is 0 Å². The summed E-state index contributed by atoms with van der Waals surface area (Å²) in [7, 11) is 0. The Bertz CT molecular complexity index is 560. The molecule has 0 fully saturated rings. The fraction of sp³-hybridized carbons (Fsp3) is 0.167. The van der Waals surface area contributed by atoms with E-state index in [1.54, 1.807) is 0 Å². The SMILES string of the molecule is O=C(O)CCc1ncc(-c2c(F)cccc2F)o1. The molecule has 1 N–H and O–H groups in total. The average molecular weight is 253 g/mol. The second-order valence-corrected chi connectivity index (χ2v) is 3.61. The third-order valence-electron chi connectivity index (χ3n) is 2.32. The highest BCUT2D eigenvalue weighted by Gasteiger charge is 2.15. The predicted molar refractivity (Wildman–Crippen MR) is 57.8 cm³/mol. The molecule has 94 valence electrons. The van der Waals surface area contributed by atoms with Gasteiger partial charge in [0.1, 0.15) is 11.6 Å². The maximum absolute atomic E-state index is 13.4. The molecule has 0 spiro atoms. The minimum Gasteiger partial charge on any atom is -0.481 e. The summed E-state index contributed by atoms with van der Waals surface area (Å²) in [5.41, 5.74) is -0.299. The van der Waals surface area contributed by atoms with Gasteiger partial charge in [-0.05, 0) is 12.1 Å². The van der Waals surface area contributed by atoms with E-state index in [0.29, 0.717) is 0 Å². The van der Waals surface area contributed by atoms with Crippen LogP contribution in [0.15, 0.2) is 28.8 Å². The first-order chi connectivity index (χ1) is 8.58. The second-order valence-electron chi connectivity index (χ2n) is 3.61. The summed E-state index contributed by atoms with van der Waals surface area (Å²) in [5, 5.41) is 8.50. The number of benzene rings is 1. The van der Waals surface area contributed by atoms with Gasteiger partial charge in [0.05, 0.1) is 18.2 Å². The largest absolute Gasteiger partial charge is 0.481 e. The molecule has 6 heteroatoms. The molecule has 0 aliphatic heterocycles. The van der Waals surface area contributed by atoms with Gasteiger partial charge in [0.15, 0.2) is 11.7 Å². The van der Waals surface area contributed by atoms with E-state index in [1.165, 1.54) is 12.3 Å². The number of halogens is 2. The number of carbonyl (C=O) groups is 1. The molecule has 0 saturated heterocycles. The number of hydrogen-bond acceptors (Lipinski definition) is 3. The molecule has 1 aromatic carbocycles. The molecule has 1 aromatic heterocycles. The zero-order valence-electron chi connectivity index (χ0n) is 9.19. The van der Waals surface area contributed by atoms with Crippen LogP contribution in [0.3, 0.4) is 0 Å². The van der Waals surface area contributed by atoms with Crippen LogP contribution in [0.25, 0.3) is 11.3 Å². The van der Waals surface area contributed by atoms with Crippen molar-refractivity contribution in [3.63, 3.8) is 0 Å². The first-order valence-corrected chi connectivity index (χ1v) is 5.19. The Balaban J connectivity index is 2.27. The molecule has 0 saturated carbocycles. The Labute approximate surface area is 101 Å². The molecule has 0 unspecified atom stereocenters. The minimum atomic E-state index is -0.994. The van der Waals surface area contributed by atoms with Crippen molar-refractivity contribution in [3.05, 3.63) is 41.9 Å². The van der Waals surface area contributed by atoms with Gasteiger partial charge in [-0.15, -0.1) is 0 Å². The molecule has 2 aromatic rings. The number of rotatable bonds is 4. The Hall–Kier alpha value is -2.24. The van der Waals surface area contributed by atoms with E-state index in [-0.39, 0.29) is 30.1 Å². The third-order valence-corrected chi connectivity index (χ3v) is 2.32. The highest BCUT2D eigenvalue weighted by Crippen LogP contribution is 2.26. The molecule has 18 heavy (non-hydrogen) atoms. The van der Waals surface area contributed by atoms with Crippen LogP contribution < -0.4 is 0 Å². The summed E-state index contributed by atoms with van der Waals surface area (Å²) in [6, 6.07) is 3.46. The molecule has 0 aliphatic carbocycles. The van der Waals surface area contributed by atoms with Crippen molar-refractivity contribution in [2.24, 2.45) is 0 Å². The summed E-state index contributed by atoms with van der Waals surface area (Å²) in [4.78, 5) is 14.2. The fourth-order valence-electron chi connectivity index (χ4n) is 1.49. The number of carboxylic acids is 1. The number of aryl methyl sites for hydroxylation is 1. The summed E-state index contributed by atoms with van der Waals surface area (Å²) in [6.45, 7) is 0. The van der Waals surface area contributed by atoms with E-state index in [4.69, 9.17) is 9.52 Å². The molecule has 4 nitrogen and oxygen atoms in total. The number of aliphatic carboxylic acids is 1. The highest BCUT2D eigenvalue weighted by molar-refractivity contribution is 5.66. The molecule has 0 amide bonds. The Morgan fingerprint density at radius 1 is 1.33 bits per heavy atom. The van der Waals surface area contributed by atoms with Crippen LogP contribution in [-0.4, -0.2) is 16.1 Å². The van der Waals surface area contributed by atoms with E-state index < -0.39 is 17.6 Å². The second kappa shape index (κ2) is 4.95. The van der Waals surface area contributed by atoms with Gasteiger partial charge in [-0.25, -0.2) is 13.8 Å². The topological polar surface area (TPSA) is 63.3 Å². The zero-order chi connectivity index (χ0) is 13.1. The number of oxazole rings is 1. The van der Waals surface area contributed by atoms with Crippen LogP contribution in [-0.2, 0) is 11.2 Å². The van der Waals surface area contributed by atoms with Crippen molar-refractivity contribution in [3.8, 4) is 11.3 Å². The molecule has 0 atom stereocenters. The van der Waals surface area contributed by atoms with Gasteiger partial charge in [-0.3, -0.25) is 4.79 Å². The van der Waals surface area contributed by atoms with Crippen molar-refractivity contribution in [2.75, 3.05) is 0 Å². The average Bonchev–Trinajstić information content (AvgIpc) is 2.75. The zero-order valence-corrected chi connectivity index (χ0v) is 9.19. The van der Waals surface area contributed by atoms with Crippen molar-refractivity contribution in [2.45, 2.75) is 12.8 Å². The van der Waals surface area contributed by atoms with Gasteiger partial charge in [-0.2, -0.15) is 0 Å². The lowest BCUT2D eigenvalue weighted by Gasteiger charge is -1.99. The molecule has 0 radical (unpaired) electrons. The normalized spacial score (nSPS) is 10.6. The molecule has 0 aliphatic rings. The number of nitrogens with zero attached hydrogens (tertiary/aromatic N) is 1. The van der Waals surface area contributed by atoms with E-state index in [9.17, 15) is 13.6 Å². The molecule has 0 bridgehead atoms. The summed E-state index contributed by atoms with van der Waals surface area (Å²) < 4.78 is 32.0. The third kappa shape index (κ3) is 2.53. The maximum Gasteiger partial charge on any atom is 0.303 e. The van der Waals surface area contributed by atoms with Gasteiger partial charge in [0, 0.05) is 6.42 Å². The smallest absolute Gasteiger partial charge is 0.303 e. The summed E-state index contributed by atoms with van der Waals surface area (Å²) >= 11 is 0. The highest BCUT2D eigenvalue weighted by atomic mass is 19.1. The summed E-state index contributed by atoms with van der Waals surface area (Å²) in [5.74, 6) is -2.42. The van der Waals surface area contributed by atoms with Crippen LogP contribution in [0, 0.1) is 11.6 Å². The quantitative estimate of drug-likeness (QED) is 0.909. The lowest BCUT2D eigenvalue weighted by atomic mass is 10.1. The van der Waals surface area contributed by atoms with Gasteiger partial charge in [-0.1, -0.05) is 6.07 Å². The minimum absolute atomic E-state index is 0.0500. The fourth-order valence-corrected chi connectivity index (χ4v) is 1.49. The Kier molecular flexibility index (Phi) is 3.36. The molecular formula is C12H9F2NO3. The summed E-state index contributed by atoms with van der Waals surface area (Å²) in [6.07, 6.45) is 1.10. The van der Waals surface area contributed by atoms with Crippen molar-refractivity contribution >= 4 is 5.97 Å².